The molecule has 0 saturated heterocycles. The molecule has 0 bridgehead atoms. The largest absolute Gasteiger partial charge is 0.493 e. The lowest BCUT2D eigenvalue weighted by molar-refractivity contribution is 0.327. The minimum Gasteiger partial charge on any atom is -0.493 e. The Labute approximate surface area is 105 Å². The van der Waals surface area contributed by atoms with Gasteiger partial charge in [-0.1, -0.05) is 0 Å². The summed E-state index contributed by atoms with van der Waals surface area (Å²) in [4.78, 5) is 4.45. The van der Waals surface area contributed by atoms with Crippen LogP contribution in [0, 0.1) is 0 Å². The molecule has 1 aromatic heterocycles. The van der Waals surface area contributed by atoms with Crippen LogP contribution in [0.3, 0.4) is 0 Å². The number of hydrogen-bond acceptors (Lipinski definition) is 5. The molecule has 1 heterocycles. The lowest BCUT2D eigenvalue weighted by atomic mass is 10.1. The fourth-order valence-corrected chi connectivity index (χ4v) is 1.90. The van der Waals surface area contributed by atoms with E-state index in [1.54, 1.807) is 21.3 Å². The normalized spacial score (nSPS) is 10.4. The van der Waals surface area contributed by atoms with Crippen molar-refractivity contribution in [3.8, 4) is 17.2 Å². The van der Waals surface area contributed by atoms with Crippen LogP contribution in [0.1, 0.15) is 5.69 Å². The van der Waals surface area contributed by atoms with Gasteiger partial charge in [-0.3, -0.25) is 4.98 Å². The van der Waals surface area contributed by atoms with Crippen molar-refractivity contribution in [1.29, 1.82) is 0 Å². The Hall–Kier alpha value is -2.01. The molecule has 5 nitrogen and oxygen atoms in total. The molecule has 0 aliphatic heterocycles. The van der Waals surface area contributed by atoms with Crippen LogP contribution in [0.4, 0.5) is 0 Å². The van der Waals surface area contributed by atoms with Gasteiger partial charge in [0.05, 0.1) is 32.5 Å². The standard InChI is InChI=1S/C13H16N2O3/c1-16-11-6-10-9(5-4-8(7-14)15-10)12(17-2)13(11)18-3/h4-6H,7,14H2,1-3H3. The summed E-state index contributed by atoms with van der Waals surface area (Å²) >= 11 is 0. The van der Waals surface area contributed by atoms with Crippen molar-refractivity contribution in [2.24, 2.45) is 5.73 Å². The number of nitrogens with two attached hydrogens (primary N) is 1. The molecule has 0 aliphatic rings. The molecule has 96 valence electrons. The van der Waals surface area contributed by atoms with Crippen molar-refractivity contribution < 1.29 is 14.2 Å². The number of nitrogens with zero attached hydrogens (tertiary/aromatic N) is 1. The molecular weight excluding hydrogens is 232 g/mol. The number of hydrogen-bond donors (Lipinski definition) is 1. The highest BCUT2D eigenvalue weighted by molar-refractivity contribution is 5.90. The molecule has 2 rings (SSSR count). The first-order valence-electron chi connectivity index (χ1n) is 5.53. The number of aromatic nitrogens is 1. The van der Waals surface area contributed by atoms with Crippen LogP contribution < -0.4 is 19.9 Å². The Balaban J connectivity index is 2.78. The average molecular weight is 248 g/mol. The first-order valence-corrected chi connectivity index (χ1v) is 5.53. The van der Waals surface area contributed by atoms with Gasteiger partial charge in [-0.25, -0.2) is 0 Å². The summed E-state index contributed by atoms with van der Waals surface area (Å²) in [7, 11) is 4.75. The molecule has 0 saturated carbocycles. The maximum atomic E-state index is 5.59. The lowest BCUT2D eigenvalue weighted by Gasteiger charge is -2.14. The molecule has 2 N–H and O–H groups in total. The molecule has 0 amide bonds. The van der Waals surface area contributed by atoms with Gasteiger partial charge in [0, 0.05) is 18.0 Å². The van der Waals surface area contributed by atoms with E-state index < -0.39 is 0 Å². The summed E-state index contributed by atoms with van der Waals surface area (Å²) < 4.78 is 16.0. The molecular formula is C13H16N2O3. The third-order valence-corrected chi connectivity index (χ3v) is 2.76. The zero-order chi connectivity index (χ0) is 13.1. The second kappa shape index (κ2) is 5.10. The Morgan fingerprint density at radius 2 is 1.78 bits per heavy atom. The Morgan fingerprint density at radius 1 is 1.06 bits per heavy atom. The van der Waals surface area contributed by atoms with Gasteiger partial charge in [0.2, 0.25) is 5.75 Å². The summed E-state index contributed by atoms with van der Waals surface area (Å²) in [5.41, 5.74) is 7.18. The highest BCUT2D eigenvalue weighted by atomic mass is 16.5. The predicted molar refractivity (Wildman–Crippen MR) is 69.3 cm³/mol. The fourth-order valence-electron chi connectivity index (χ4n) is 1.90. The first-order chi connectivity index (χ1) is 8.74. The van der Waals surface area contributed by atoms with Gasteiger partial charge in [0.1, 0.15) is 0 Å². The van der Waals surface area contributed by atoms with Crippen LogP contribution in [0.5, 0.6) is 17.2 Å². The number of rotatable bonds is 4. The number of benzene rings is 1. The summed E-state index contributed by atoms with van der Waals surface area (Å²) in [6.07, 6.45) is 0. The highest BCUT2D eigenvalue weighted by Gasteiger charge is 2.16. The van der Waals surface area contributed by atoms with Gasteiger partial charge in [-0.05, 0) is 12.1 Å². The topological polar surface area (TPSA) is 66.6 Å². The molecule has 0 aliphatic carbocycles. The molecule has 18 heavy (non-hydrogen) atoms. The van der Waals surface area contributed by atoms with Crippen LogP contribution in [-0.4, -0.2) is 26.3 Å². The Bertz CT molecular complexity index is 570. The van der Waals surface area contributed by atoms with E-state index in [1.165, 1.54) is 0 Å². The minimum atomic E-state index is 0.395. The zero-order valence-corrected chi connectivity index (χ0v) is 10.7. The molecule has 0 atom stereocenters. The average Bonchev–Trinajstić information content (AvgIpc) is 2.44. The summed E-state index contributed by atoms with van der Waals surface area (Å²) in [6.45, 7) is 0.395. The van der Waals surface area contributed by atoms with Crippen molar-refractivity contribution in [2.75, 3.05) is 21.3 Å². The number of methoxy groups -OCH3 is 3. The van der Waals surface area contributed by atoms with Crippen molar-refractivity contribution in [1.82, 2.24) is 4.98 Å². The fraction of sp³-hybridized carbons (Fsp3) is 0.308. The summed E-state index contributed by atoms with van der Waals surface area (Å²) in [6, 6.07) is 5.61. The van der Waals surface area contributed by atoms with E-state index in [4.69, 9.17) is 19.9 Å². The van der Waals surface area contributed by atoms with Crippen LogP contribution in [0.2, 0.25) is 0 Å². The third kappa shape index (κ3) is 1.93. The van der Waals surface area contributed by atoms with E-state index in [1.807, 2.05) is 18.2 Å². The number of fused-ring (bicyclic) bond motifs is 1. The SMILES string of the molecule is COc1cc2nc(CN)ccc2c(OC)c1OC. The van der Waals surface area contributed by atoms with Gasteiger partial charge in [0.15, 0.2) is 11.5 Å². The van der Waals surface area contributed by atoms with Crippen LogP contribution in [0.15, 0.2) is 18.2 Å². The Morgan fingerprint density at radius 3 is 2.33 bits per heavy atom. The van der Waals surface area contributed by atoms with E-state index in [0.29, 0.717) is 23.8 Å². The monoisotopic (exact) mass is 248 g/mol. The third-order valence-electron chi connectivity index (χ3n) is 2.76. The highest BCUT2D eigenvalue weighted by Crippen LogP contribution is 2.42. The summed E-state index contributed by atoms with van der Waals surface area (Å²) in [5.74, 6) is 1.77. The molecule has 0 spiro atoms. The Kier molecular flexibility index (Phi) is 3.53. The van der Waals surface area contributed by atoms with Gasteiger partial charge >= 0.3 is 0 Å². The lowest BCUT2D eigenvalue weighted by Crippen LogP contribution is -2.01. The molecule has 2 aromatic rings. The van der Waals surface area contributed by atoms with E-state index in [2.05, 4.69) is 4.98 Å². The smallest absolute Gasteiger partial charge is 0.204 e. The van der Waals surface area contributed by atoms with Gasteiger partial charge < -0.3 is 19.9 Å². The maximum absolute atomic E-state index is 5.59. The molecule has 0 radical (unpaired) electrons. The number of ether oxygens (including phenoxy) is 3. The van der Waals surface area contributed by atoms with Crippen LogP contribution >= 0.6 is 0 Å². The zero-order valence-electron chi connectivity index (χ0n) is 10.7. The second-order valence-electron chi connectivity index (χ2n) is 3.72. The van der Waals surface area contributed by atoms with Crippen LogP contribution in [-0.2, 0) is 6.54 Å². The molecule has 1 aromatic carbocycles. The number of pyridine rings is 1. The summed E-state index contributed by atoms with van der Waals surface area (Å²) in [5, 5.41) is 0.868. The van der Waals surface area contributed by atoms with Crippen molar-refractivity contribution in [3.05, 3.63) is 23.9 Å². The van der Waals surface area contributed by atoms with Crippen molar-refractivity contribution >= 4 is 10.9 Å². The molecule has 5 heteroatoms. The predicted octanol–water partition coefficient (Wildman–Crippen LogP) is 1.72. The van der Waals surface area contributed by atoms with E-state index in [-0.39, 0.29) is 0 Å². The quantitative estimate of drug-likeness (QED) is 0.892. The van der Waals surface area contributed by atoms with Gasteiger partial charge in [-0.2, -0.15) is 0 Å². The van der Waals surface area contributed by atoms with E-state index in [0.717, 1.165) is 16.6 Å². The second-order valence-corrected chi connectivity index (χ2v) is 3.72. The van der Waals surface area contributed by atoms with E-state index in [9.17, 15) is 0 Å². The van der Waals surface area contributed by atoms with E-state index >= 15 is 0 Å². The van der Waals surface area contributed by atoms with Crippen molar-refractivity contribution in [3.63, 3.8) is 0 Å². The van der Waals surface area contributed by atoms with Gasteiger partial charge in [0.25, 0.3) is 0 Å². The van der Waals surface area contributed by atoms with Gasteiger partial charge in [-0.15, -0.1) is 0 Å². The van der Waals surface area contributed by atoms with Crippen LogP contribution in [0.25, 0.3) is 10.9 Å². The first kappa shape index (κ1) is 12.4. The minimum absolute atomic E-state index is 0.395. The maximum Gasteiger partial charge on any atom is 0.204 e. The molecule has 0 unspecified atom stereocenters. The van der Waals surface area contributed by atoms with Crippen molar-refractivity contribution in [2.45, 2.75) is 6.54 Å². The molecule has 0 fully saturated rings.